The first-order valence-electron chi connectivity index (χ1n) is 5.81. The lowest BCUT2D eigenvalue weighted by Gasteiger charge is -2.29. The minimum atomic E-state index is 0.0150. The van der Waals surface area contributed by atoms with E-state index in [1.54, 1.807) is 0 Å². The first-order valence-corrected chi connectivity index (χ1v) is 5.81. The monoisotopic (exact) mass is 222 g/mol. The molecule has 4 heteroatoms. The number of rotatable bonds is 1. The van der Waals surface area contributed by atoms with Crippen LogP contribution in [0.5, 0.6) is 0 Å². The Morgan fingerprint density at radius 3 is 2.50 bits per heavy atom. The number of carbonyl (C=O) groups is 1. The first-order chi connectivity index (χ1) is 7.59. The van der Waals surface area contributed by atoms with Crippen LogP contribution in [0.1, 0.15) is 41.6 Å². The van der Waals surface area contributed by atoms with Crippen LogP contribution in [-0.2, 0) is 0 Å². The molecule has 2 rings (SSSR count). The molecule has 1 saturated heterocycles. The summed E-state index contributed by atoms with van der Waals surface area (Å²) in [5.41, 5.74) is 1.34. The number of hydrogen-bond acceptors (Lipinski definition) is 3. The number of aryl methyl sites for hydroxylation is 1. The first kappa shape index (κ1) is 11.2. The van der Waals surface area contributed by atoms with Gasteiger partial charge >= 0.3 is 0 Å². The van der Waals surface area contributed by atoms with Crippen LogP contribution in [0.25, 0.3) is 0 Å². The lowest BCUT2D eigenvalue weighted by atomic mass is 9.99. The quantitative estimate of drug-likeness (QED) is 0.731. The van der Waals surface area contributed by atoms with Gasteiger partial charge in [0.15, 0.2) is 5.69 Å². The smallest absolute Gasteiger partial charge is 0.276 e. The number of aromatic nitrogens is 1. The number of piperidine rings is 1. The molecule has 0 unspecified atom stereocenters. The summed E-state index contributed by atoms with van der Waals surface area (Å²) < 4.78 is 5.03. The summed E-state index contributed by atoms with van der Waals surface area (Å²) in [4.78, 5) is 14.0. The third-order valence-corrected chi connectivity index (χ3v) is 3.43. The average Bonchev–Trinajstić information content (AvgIpc) is 2.60. The lowest BCUT2D eigenvalue weighted by molar-refractivity contribution is 0.0686. The highest BCUT2D eigenvalue weighted by molar-refractivity contribution is 5.93. The van der Waals surface area contributed by atoms with Crippen LogP contribution in [0.3, 0.4) is 0 Å². The van der Waals surface area contributed by atoms with Crippen molar-refractivity contribution in [1.82, 2.24) is 10.1 Å². The maximum atomic E-state index is 12.1. The fraction of sp³-hybridized carbons (Fsp3) is 0.667. The second-order valence-corrected chi connectivity index (χ2v) is 4.69. The summed E-state index contributed by atoms with van der Waals surface area (Å²) in [7, 11) is 0. The van der Waals surface area contributed by atoms with E-state index in [0.29, 0.717) is 5.69 Å². The van der Waals surface area contributed by atoms with Gasteiger partial charge in [-0.25, -0.2) is 0 Å². The molecule has 0 atom stereocenters. The number of likely N-dealkylation sites (tertiary alicyclic amines) is 1. The van der Waals surface area contributed by atoms with E-state index in [0.717, 1.165) is 43.2 Å². The molecule has 0 aromatic carbocycles. The molecule has 1 aromatic rings. The van der Waals surface area contributed by atoms with Gasteiger partial charge in [0.25, 0.3) is 5.91 Å². The fourth-order valence-corrected chi connectivity index (χ4v) is 1.98. The molecule has 1 aliphatic rings. The fourth-order valence-electron chi connectivity index (χ4n) is 1.98. The van der Waals surface area contributed by atoms with E-state index in [4.69, 9.17) is 4.52 Å². The van der Waals surface area contributed by atoms with E-state index in [1.807, 2.05) is 18.7 Å². The van der Waals surface area contributed by atoms with Crippen LogP contribution >= 0.6 is 0 Å². The van der Waals surface area contributed by atoms with Crippen molar-refractivity contribution >= 4 is 5.91 Å². The molecule has 88 valence electrons. The highest BCUT2D eigenvalue weighted by atomic mass is 16.5. The summed E-state index contributed by atoms with van der Waals surface area (Å²) in [6, 6.07) is 0. The summed E-state index contributed by atoms with van der Waals surface area (Å²) in [6.45, 7) is 7.62. The number of carbonyl (C=O) groups excluding carboxylic acids is 1. The molecule has 1 fully saturated rings. The number of hydrogen-bond donors (Lipinski definition) is 0. The Hall–Kier alpha value is -1.32. The normalized spacial score (nSPS) is 17.8. The standard InChI is InChI=1S/C12H18N2O2/c1-8-4-6-14(7-5-8)12(15)11-9(2)10(3)16-13-11/h8H,4-7H2,1-3H3. The number of amides is 1. The predicted octanol–water partition coefficient (Wildman–Crippen LogP) is 2.16. The van der Waals surface area contributed by atoms with Crippen LogP contribution in [-0.4, -0.2) is 29.1 Å². The molecule has 0 aliphatic carbocycles. The second kappa shape index (κ2) is 4.28. The zero-order chi connectivity index (χ0) is 11.7. The third kappa shape index (κ3) is 1.96. The van der Waals surface area contributed by atoms with Crippen molar-refractivity contribution in [3.63, 3.8) is 0 Å². The van der Waals surface area contributed by atoms with Gasteiger partial charge in [-0.3, -0.25) is 4.79 Å². The van der Waals surface area contributed by atoms with Crippen LogP contribution < -0.4 is 0 Å². The molecule has 16 heavy (non-hydrogen) atoms. The lowest BCUT2D eigenvalue weighted by Crippen LogP contribution is -2.38. The SMILES string of the molecule is Cc1onc(C(=O)N2CCC(C)CC2)c1C. The third-order valence-electron chi connectivity index (χ3n) is 3.43. The topological polar surface area (TPSA) is 46.3 Å². The molecule has 1 aromatic heterocycles. The summed E-state index contributed by atoms with van der Waals surface area (Å²) >= 11 is 0. The van der Waals surface area contributed by atoms with E-state index in [1.165, 1.54) is 0 Å². The molecule has 0 N–H and O–H groups in total. The molecule has 0 spiro atoms. The highest BCUT2D eigenvalue weighted by Crippen LogP contribution is 2.20. The maximum absolute atomic E-state index is 12.1. The minimum Gasteiger partial charge on any atom is -0.361 e. The highest BCUT2D eigenvalue weighted by Gasteiger charge is 2.25. The van der Waals surface area contributed by atoms with E-state index in [2.05, 4.69) is 12.1 Å². The molecule has 4 nitrogen and oxygen atoms in total. The van der Waals surface area contributed by atoms with Crippen molar-refractivity contribution in [3.05, 3.63) is 17.0 Å². The second-order valence-electron chi connectivity index (χ2n) is 4.69. The van der Waals surface area contributed by atoms with Crippen LogP contribution in [0.2, 0.25) is 0 Å². The van der Waals surface area contributed by atoms with Crippen molar-refractivity contribution in [1.29, 1.82) is 0 Å². The van der Waals surface area contributed by atoms with Crippen molar-refractivity contribution in [3.8, 4) is 0 Å². The Balaban J connectivity index is 2.11. The molecule has 0 radical (unpaired) electrons. The Morgan fingerprint density at radius 2 is 2.00 bits per heavy atom. The Labute approximate surface area is 95.6 Å². The summed E-state index contributed by atoms with van der Waals surface area (Å²) in [5, 5.41) is 3.84. The minimum absolute atomic E-state index is 0.0150. The molecule has 1 amide bonds. The van der Waals surface area contributed by atoms with Gasteiger partial charge < -0.3 is 9.42 Å². The zero-order valence-corrected chi connectivity index (χ0v) is 10.1. The maximum Gasteiger partial charge on any atom is 0.276 e. The molecular formula is C12H18N2O2. The summed E-state index contributed by atoms with van der Waals surface area (Å²) in [6.07, 6.45) is 2.17. The molecule has 0 saturated carbocycles. The van der Waals surface area contributed by atoms with E-state index < -0.39 is 0 Å². The van der Waals surface area contributed by atoms with Crippen LogP contribution in [0, 0.1) is 19.8 Å². The van der Waals surface area contributed by atoms with Gasteiger partial charge in [-0.2, -0.15) is 0 Å². The van der Waals surface area contributed by atoms with Gasteiger partial charge in [-0.1, -0.05) is 12.1 Å². The Morgan fingerprint density at radius 1 is 1.38 bits per heavy atom. The average molecular weight is 222 g/mol. The molecular weight excluding hydrogens is 204 g/mol. The predicted molar refractivity (Wildman–Crippen MR) is 60.3 cm³/mol. The Kier molecular flexibility index (Phi) is 2.99. The van der Waals surface area contributed by atoms with Crippen molar-refractivity contribution in [2.75, 3.05) is 13.1 Å². The van der Waals surface area contributed by atoms with E-state index >= 15 is 0 Å². The van der Waals surface area contributed by atoms with Gasteiger partial charge in [-0.05, 0) is 32.6 Å². The van der Waals surface area contributed by atoms with Crippen LogP contribution in [0.4, 0.5) is 0 Å². The van der Waals surface area contributed by atoms with Crippen LogP contribution in [0.15, 0.2) is 4.52 Å². The largest absolute Gasteiger partial charge is 0.361 e. The van der Waals surface area contributed by atoms with Crippen molar-refractivity contribution in [2.45, 2.75) is 33.6 Å². The van der Waals surface area contributed by atoms with Gasteiger partial charge in [0, 0.05) is 18.7 Å². The van der Waals surface area contributed by atoms with Gasteiger partial charge in [0.05, 0.1) is 0 Å². The van der Waals surface area contributed by atoms with E-state index in [9.17, 15) is 4.79 Å². The number of nitrogens with zero attached hydrogens (tertiary/aromatic N) is 2. The van der Waals surface area contributed by atoms with E-state index in [-0.39, 0.29) is 5.91 Å². The van der Waals surface area contributed by atoms with Crippen molar-refractivity contribution in [2.24, 2.45) is 5.92 Å². The van der Waals surface area contributed by atoms with Crippen molar-refractivity contribution < 1.29 is 9.32 Å². The van der Waals surface area contributed by atoms with Gasteiger partial charge in [-0.15, -0.1) is 0 Å². The van der Waals surface area contributed by atoms with Gasteiger partial charge in [0.2, 0.25) is 0 Å². The molecule has 0 bridgehead atoms. The Bertz CT molecular complexity index is 390. The molecule has 2 heterocycles. The summed E-state index contributed by atoms with van der Waals surface area (Å²) in [5.74, 6) is 1.47. The molecule has 1 aliphatic heterocycles. The van der Waals surface area contributed by atoms with Gasteiger partial charge in [0.1, 0.15) is 5.76 Å². The zero-order valence-electron chi connectivity index (χ0n) is 10.1.